The Morgan fingerprint density at radius 1 is 1.30 bits per heavy atom. The molecule has 6 nitrogen and oxygen atoms in total. The van der Waals surface area contributed by atoms with Gasteiger partial charge in [0.2, 0.25) is 0 Å². The third-order valence-electron chi connectivity index (χ3n) is 3.00. The Bertz CT molecular complexity index is 900. The number of nitrogens with zero attached hydrogens (tertiary/aromatic N) is 1. The number of esters is 1. The van der Waals surface area contributed by atoms with Crippen LogP contribution in [0.4, 0.5) is 5.13 Å². The van der Waals surface area contributed by atoms with E-state index in [9.17, 15) is 9.59 Å². The first kappa shape index (κ1) is 15.8. The predicted molar refractivity (Wildman–Crippen MR) is 89.7 cm³/mol. The average molecular weight is 370 g/mol. The van der Waals surface area contributed by atoms with Crippen LogP contribution in [-0.2, 0) is 4.74 Å². The van der Waals surface area contributed by atoms with E-state index in [1.807, 2.05) is 0 Å². The molecule has 0 fully saturated rings. The second kappa shape index (κ2) is 6.19. The summed E-state index contributed by atoms with van der Waals surface area (Å²) in [5.74, 6) is -0.840. The van der Waals surface area contributed by atoms with Gasteiger partial charge in [-0.05, 0) is 24.3 Å². The lowest BCUT2D eigenvalue weighted by Crippen LogP contribution is -2.11. The number of aromatic amines is 1. The molecule has 3 aromatic rings. The van der Waals surface area contributed by atoms with Gasteiger partial charge in [0, 0.05) is 0 Å². The lowest BCUT2D eigenvalue weighted by molar-refractivity contribution is 0.0601. The van der Waals surface area contributed by atoms with E-state index in [-0.39, 0.29) is 15.9 Å². The summed E-state index contributed by atoms with van der Waals surface area (Å²) < 4.78 is 5.43. The van der Waals surface area contributed by atoms with Crippen molar-refractivity contribution in [1.29, 1.82) is 0 Å². The normalized spacial score (nSPS) is 10.7. The minimum Gasteiger partial charge on any atom is -0.465 e. The fourth-order valence-electron chi connectivity index (χ4n) is 1.91. The minimum absolute atomic E-state index is 0.198. The van der Waals surface area contributed by atoms with Crippen molar-refractivity contribution in [3.8, 4) is 0 Å². The summed E-state index contributed by atoms with van der Waals surface area (Å²) in [5.41, 5.74) is 1.32. The van der Waals surface area contributed by atoms with E-state index in [4.69, 9.17) is 23.2 Å². The van der Waals surface area contributed by atoms with Crippen LogP contribution in [0.1, 0.15) is 20.8 Å². The van der Waals surface area contributed by atoms with E-state index in [2.05, 4.69) is 20.0 Å². The minimum atomic E-state index is -0.429. The number of nitrogens with one attached hydrogen (secondary N) is 2. The van der Waals surface area contributed by atoms with E-state index >= 15 is 0 Å². The SMILES string of the molecule is COC(=O)c1ccc2nc(NC(=O)c3cc(Cl)c(Cl)[nH]3)sc2c1. The summed E-state index contributed by atoms with van der Waals surface area (Å²) in [6.45, 7) is 0. The number of hydrogen-bond donors (Lipinski definition) is 2. The van der Waals surface area contributed by atoms with Gasteiger partial charge in [0.1, 0.15) is 10.8 Å². The van der Waals surface area contributed by atoms with E-state index in [0.717, 1.165) is 4.70 Å². The summed E-state index contributed by atoms with van der Waals surface area (Å²) in [6.07, 6.45) is 0. The molecule has 0 radical (unpaired) electrons. The predicted octanol–water partition coefficient (Wildman–Crippen LogP) is 3.97. The molecule has 0 aliphatic carbocycles. The van der Waals surface area contributed by atoms with Gasteiger partial charge >= 0.3 is 5.97 Å². The number of thiazole rings is 1. The van der Waals surface area contributed by atoms with Crippen LogP contribution in [0.5, 0.6) is 0 Å². The molecule has 3 rings (SSSR count). The number of halogens is 2. The maximum Gasteiger partial charge on any atom is 0.337 e. The first-order valence-electron chi connectivity index (χ1n) is 6.32. The number of hydrogen-bond acceptors (Lipinski definition) is 5. The molecule has 1 aromatic carbocycles. The molecule has 0 bridgehead atoms. The van der Waals surface area contributed by atoms with Crippen LogP contribution in [0, 0.1) is 0 Å². The third-order valence-corrected chi connectivity index (χ3v) is 4.63. The first-order chi connectivity index (χ1) is 11.0. The number of anilines is 1. The average Bonchev–Trinajstić information content (AvgIpc) is 3.08. The molecule has 2 heterocycles. The van der Waals surface area contributed by atoms with Crippen LogP contribution in [0.3, 0.4) is 0 Å². The number of rotatable bonds is 3. The van der Waals surface area contributed by atoms with Crippen LogP contribution in [0.25, 0.3) is 10.2 Å². The van der Waals surface area contributed by atoms with Gasteiger partial charge in [-0.1, -0.05) is 34.5 Å². The van der Waals surface area contributed by atoms with Crippen molar-refractivity contribution < 1.29 is 14.3 Å². The van der Waals surface area contributed by atoms with Crippen LogP contribution in [0.2, 0.25) is 10.2 Å². The largest absolute Gasteiger partial charge is 0.465 e. The zero-order valence-electron chi connectivity index (χ0n) is 11.6. The molecule has 0 saturated heterocycles. The molecule has 2 N–H and O–H groups in total. The fraction of sp³-hybridized carbons (Fsp3) is 0.0714. The number of aromatic nitrogens is 2. The molecular formula is C14H9Cl2N3O3S. The number of carbonyl (C=O) groups excluding carboxylic acids is 2. The highest BCUT2D eigenvalue weighted by Crippen LogP contribution is 2.28. The van der Waals surface area contributed by atoms with Crippen LogP contribution < -0.4 is 5.32 Å². The van der Waals surface area contributed by atoms with E-state index in [0.29, 0.717) is 16.2 Å². The lowest BCUT2D eigenvalue weighted by Gasteiger charge is -1.97. The van der Waals surface area contributed by atoms with Gasteiger partial charge in [0.25, 0.3) is 5.91 Å². The number of amides is 1. The highest BCUT2D eigenvalue weighted by Gasteiger charge is 2.15. The Morgan fingerprint density at radius 2 is 2.09 bits per heavy atom. The standard InChI is InChI=1S/C14H9Cl2N3O3S/c1-22-13(21)6-2-3-8-10(4-6)23-14(18-8)19-12(20)9-5-7(15)11(16)17-9/h2-5,17H,1H3,(H,18,19,20). The van der Waals surface area contributed by atoms with Gasteiger partial charge in [-0.2, -0.15) is 0 Å². The molecule has 1 amide bonds. The summed E-state index contributed by atoms with van der Waals surface area (Å²) in [7, 11) is 1.32. The molecule has 0 unspecified atom stereocenters. The second-order valence-corrected chi connectivity index (χ2v) is 6.31. The van der Waals surface area contributed by atoms with E-state index < -0.39 is 11.9 Å². The highest BCUT2D eigenvalue weighted by atomic mass is 35.5. The second-order valence-electron chi connectivity index (χ2n) is 4.49. The number of methoxy groups -OCH3 is 1. The first-order valence-corrected chi connectivity index (χ1v) is 7.89. The van der Waals surface area contributed by atoms with Crippen molar-refractivity contribution in [3.63, 3.8) is 0 Å². The topological polar surface area (TPSA) is 84.1 Å². The van der Waals surface area contributed by atoms with Gasteiger partial charge < -0.3 is 9.72 Å². The van der Waals surface area contributed by atoms with Crippen LogP contribution in [-0.4, -0.2) is 29.0 Å². The van der Waals surface area contributed by atoms with Crippen LogP contribution in [0.15, 0.2) is 24.3 Å². The van der Waals surface area contributed by atoms with Crippen molar-refractivity contribution in [3.05, 3.63) is 45.7 Å². The summed E-state index contributed by atoms with van der Waals surface area (Å²) in [5, 5.41) is 3.52. The maximum atomic E-state index is 12.1. The maximum absolute atomic E-state index is 12.1. The Balaban J connectivity index is 1.85. The molecular weight excluding hydrogens is 361 g/mol. The quantitative estimate of drug-likeness (QED) is 0.684. The molecule has 23 heavy (non-hydrogen) atoms. The van der Waals surface area contributed by atoms with Crippen molar-refractivity contribution in [2.75, 3.05) is 12.4 Å². The molecule has 9 heteroatoms. The number of benzene rings is 1. The Morgan fingerprint density at radius 3 is 2.74 bits per heavy atom. The summed E-state index contributed by atoms with van der Waals surface area (Å²) >= 11 is 12.8. The van der Waals surface area contributed by atoms with Gasteiger partial charge in [-0.15, -0.1) is 0 Å². The highest BCUT2D eigenvalue weighted by molar-refractivity contribution is 7.22. The summed E-state index contributed by atoms with van der Waals surface area (Å²) in [6, 6.07) is 6.40. The monoisotopic (exact) mass is 369 g/mol. The number of carbonyl (C=O) groups is 2. The molecule has 0 saturated carbocycles. The van der Waals surface area contributed by atoms with Gasteiger partial charge in [0.05, 0.1) is 27.9 Å². The Labute approximate surface area is 144 Å². The van der Waals surface area contributed by atoms with Gasteiger partial charge in [-0.3, -0.25) is 10.1 Å². The number of fused-ring (bicyclic) bond motifs is 1. The van der Waals surface area contributed by atoms with Crippen molar-refractivity contribution in [2.24, 2.45) is 0 Å². The van der Waals surface area contributed by atoms with Crippen molar-refractivity contribution in [1.82, 2.24) is 9.97 Å². The van der Waals surface area contributed by atoms with Crippen molar-refractivity contribution in [2.45, 2.75) is 0 Å². The number of ether oxygens (including phenoxy) is 1. The Hall–Kier alpha value is -2.09. The smallest absolute Gasteiger partial charge is 0.337 e. The van der Waals surface area contributed by atoms with Crippen molar-refractivity contribution >= 4 is 61.8 Å². The van der Waals surface area contributed by atoms with Gasteiger partial charge in [0.15, 0.2) is 5.13 Å². The molecule has 0 spiro atoms. The Kier molecular flexibility index (Phi) is 4.25. The molecule has 0 aliphatic rings. The zero-order chi connectivity index (χ0) is 16.6. The summed E-state index contributed by atoms with van der Waals surface area (Å²) in [4.78, 5) is 30.6. The third kappa shape index (κ3) is 3.17. The van der Waals surface area contributed by atoms with E-state index in [1.165, 1.54) is 24.5 Å². The zero-order valence-corrected chi connectivity index (χ0v) is 14.0. The molecule has 0 aliphatic heterocycles. The van der Waals surface area contributed by atoms with Crippen LogP contribution >= 0.6 is 34.5 Å². The van der Waals surface area contributed by atoms with E-state index in [1.54, 1.807) is 18.2 Å². The fourth-order valence-corrected chi connectivity index (χ4v) is 3.13. The van der Waals surface area contributed by atoms with Gasteiger partial charge in [-0.25, -0.2) is 9.78 Å². The molecule has 2 aromatic heterocycles. The molecule has 118 valence electrons. The number of H-pyrrole nitrogens is 1. The molecule has 0 atom stereocenters. The lowest BCUT2D eigenvalue weighted by atomic mass is 10.2.